The average Bonchev–Trinajstić information content (AvgIpc) is 2.67. The van der Waals surface area contributed by atoms with Crippen LogP contribution in [0.3, 0.4) is 0 Å². The Balaban J connectivity index is 2.47. The third kappa shape index (κ3) is 2.33. The Morgan fingerprint density at radius 3 is 2.50 bits per heavy atom. The van der Waals surface area contributed by atoms with E-state index in [1.807, 2.05) is 0 Å². The highest BCUT2D eigenvalue weighted by atomic mass is 32.2. The van der Waals surface area contributed by atoms with Gasteiger partial charge in [0.05, 0.1) is 12.1 Å². The standard InChI is InChI=1S/C11H10F3NO4S/c12-11(13,14)20(18,19)15-6-7(5-10(16)17)8-3-1-2-4-9(8)15/h1-4,7H,5-6H2,(H,16,17). The minimum atomic E-state index is -5.52. The fraction of sp³-hybridized carbons (Fsp3) is 0.364. The zero-order valence-corrected chi connectivity index (χ0v) is 10.8. The Kier molecular flexibility index (Phi) is 3.41. The molecule has 1 aromatic rings. The first-order valence-electron chi connectivity index (χ1n) is 5.54. The molecule has 1 heterocycles. The molecule has 1 aliphatic rings. The lowest BCUT2D eigenvalue weighted by Crippen LogP contribution is -2.40. The van der Waals surface area contributed by atoms with E-state index in [4.69, 9.17) is 5.11 Å². The number of fused-ring (bicyclic) bond motifs is 1. The average molecular weight is 309 g/mol. The number of rotatable bonds is 3. The lowest BCUT2D eigenvalue weighted by molar-refractivity contribution is -0.137. The number of aliphatic carboxylic acids is 1. The number of benzene rings is 1. The second-order valence-corrected chi connectivity index (χ2v) is 6.19. The summed E-state index contributed by atoms with van der Waals surface area (Å²) in [7, 11) is -5.52. The number of anilines is 1. The Morgan fingerprint density at radius 1 is 1.35 bits per heavy atom. The minimum Gasteiger partial charge on any atom is -0.481 e. The van der Waals surface area contributed by atoms with Crippen molar-refractivity contribution in [3.63, 3.8) is 0 Å². The molecule has 0 fully saturated rings. The van der Waals surface area contributed by atoms with Crippen molar-refractivity contribution in [2.24, 2.45) is 0 Å². The van der Waals surface area contributed by atoms with Crippen molar-refractivity contribution in [3.8, 4) is 0 Å². The molecule has 2 rings (SSSR count). The van der Waals surface area contributed by atoms with Crippen LogP contribution in [0.1, 0.15) is 17.9 Å². The van der Waals surface area contributed by atoms with Crippen LogP contribution in [0.15, 0.2) is 24.3 Å². The molecule has 1 aliphatic heterocycles. The molecule has 0 saturated carbocycles. The van der Waals surface area contributed by atoms with Crippen LogP contribution in [0.25, 0.3) is 0 Å². The molecule has 0 aromatic heterocycles. The molecule has 5 nitrogen and oxygen atoms in total. The van der Waals surface area contributed by atoms with Gasteiger partial charge >= 0.3 is 21.5 Å². The quantitative estimate of drug-likeness (QED) is 0.925. The molecule has 0 aliphatic carbocycles. The van der Waals surface area contributed by atoms with Crippen molar-refractivity contribution in [3.05, 3.63) is 29.8 Å². The zero-order chi connectivity index (χ0) is 15.1. The van der Waals surface area contributed by atoms with E-state index in [2.05, 4.69) is 0 Å². The van der Waals surface area contributed by atoms with Crippen LogP contribution in [-0.4, -0.2) is 31.5 Å². The van der Waals surface area contributed by atoms with Gasteiger partial charge in [0.25, 0.3) is 0 Å². The van der Waals surface area contributed by atoms with Crippen LogP contribution in [0.2, 0.25) is 0 Å². The zero-order valence-electron chi connectivity index (χ0n) is 9.96. The largest absolute Gasteiger partial charge is 0.516 e. The predicted molar refractivity (Wildman–Crippen MR) is 63.8 cm³/mol. The van der Waals surface area contributed by atoms with Crippen molar-refractivity contribution in [2.45, 2.75) is 17.8 Å². The third-order valence-electron chi connectivity index (χ3n) is 3.04. The molecule has 0 radical (unpaired) electrons. The third-order valence-corrected chi connectivity index (χ3v) is 4.55. The minimum absolute atomic E-state index is 0.115. The van der Waals surface area contributed by atoms with Crippen molar-refractivity contribution >= 4 is 21.7 Å². The second-order valence-electron chi connectivity index (χ2n) is 4.34. The van der Waals surface area contributed by atoms with Crippen LogP contribution in [-0.2, 0) is 14.8 Å². The highest BCUT2D eigenvalue weighted by Gasteiger charge is 2.52. The van der Waals surface area contributed by atoms with Crippen LogP contribution < -0.4 is 4.31 Å². The van der Waals surface area contributed by atoms with Gasteiger partial charge in [0, 0.05) is 12.5 Å². The molecule has 9 heteroatoms. The monoisotopic (exact) mass is 309 g/mol. The van der Waals surface area contributed by atoms with Crippen LogP contribution in [0.4, 0.5) is 18.9 Å². The molecule has 0 spiro atoms. The SMILES string of the molecule is O=C(O)CC1CN(S(=O)(=O)C(F)(F)F)c2ccccc21. The molecular weight excluding hydrogens is 299 g/mol. The van der Waals surface area contributed by atoms with Crippen LogP contribution in [0.5, 0.6) is 0 Å². The summed E-state index contributed by atoms with van der Waals surface area (Å²) in [6, 6.07) is 5.60. The predicted octanol–water partition coefficient (Wildman–Crippen LogP) is 1.91. The van der Waals surface area contributed by atoms with Gasteiger partial charge in [-0.15, -0.1) is 0 Å². The van der Waals surface area contributed by atoms with Crippen molar-refractivity contribution < 1.29 is 31.5 Å². The molecule has 1 N–H and O–H groups in total. The summed E-state index contributed by atoms with van der Waals surface area (Å²) in [6.07, 6.45) is -0.430. The van der Waals surface area contributed by atoms with Gasteiger partial charge in [-0.3, -0.25) is 9.10 Å². The molecule has 110 valence electrons. The first-order chi connectivity index (χ1) is 9.14. The number of carbonyl (C=O) groups is 1. The van der Waals surface area contributed by atoms with Gasteiger partial charge in [0.1, 0.15) is 0 Å². The number of sulfonamides is 1. The summed E-state index contributed by atoms with van der Waals surface area (Å²) in [5.41, 5.74) is -5.24. The molecular formula is C11H10F3NO4S. The summed E-state index contributed by atoms with van der Waals surface area (Å²) >= 11 is 0. The molecule has 1 unspecified atom stereocenters. The summed E-state index contributed by atoms with van der Waals surface area (Å²) in [5.74, 6) is -1.99. The maximum Gasteiger partial charge on any atom is 0.516 e. The highest BCUT2D eigenvalue weighted by molar-refractivity contribution is 7.93. The summed E-state index contributed by atoms with van der Waals surface area (Å²) in [6.45, 7) is -0.520. The maximum atomic E-state index is 12.6. The molecule has 0 bridgehead atoms. The summed E-state index contributed by atoms with van der Waals surface area (Å²) in [5, 5.41) is 8.76. The van der Waals surface area contributed by atoms with Gasteiger partial charge in [-0.05, 0) is 11.6 Å². The smallest absolute Gasteiger partial charge is 0.481 e. The fourth-order valence-electron chi connectivity index (χ4n) is 2.19. The van der Waals surface area contributed by atoms with Gasteiger partial charge in [0.2, 0.25) is 0 Å². The Hall–Kier alpha value is -1.77. The second kappa shape index (κ2) is 4.65. The first kappa shape index (κ1) is 14.6. The maximum absolute atomic E-state index is 12.6. The number of carboxylic acid groups (broad SMARTS) is 1. The van der Waals surface area contributed by atoms with E-state index in [9.17, 15) is 26.4 Å². The van der Waals surface area contributed by atoms with Gasteiger partial charge in [-0.25, -0.2) is 0 Å². The number of nitrogens with zero attached hydrogens (tertiary/aromatic N) is 1. The Bertz CT molecular complexity index is 641. The Labute approximate surface area is 112 Å². The number of hydrogen-bond donors (Lipinski definition) is 1. The van der Waals surface area contributed by atoms with Crippen molar-refractivity contribution in [1.82, 2.24) is 0 Å². The molecule has 0 amide bonds. The lowest BCUT2D eigenvalue weighted by atomic mass is 9.98. The van der Waals surface area contributed by atoms with Crippen LogP contribution >= 0.6 is 0 Å². The highest BCUT2D eigenvalue weighted by Crippen LogP contribution is 2.42. The lowest BCUT2D eigenvalue weighted by Gasteiger charge is -2.21. The van der Waals surface area contributed by atoms with E-state index < -0.39 is 40.4 Å². The van der Waals surface area contributed by atoms with E-state index in [0.29, 0.717) is 5.56 Å². The van der Waals surface area contributed by atoms with E-state index in [1.165, 1.54) is 24.3 Å². The van der Waals surface area contributed by atoms with Gasteiger partial charge in [-0.1, -0.05) is 18.2 Å². The number of halogens is 3. The summed E-state index contributed by atoms with van der Waals surface area (Å²) in [4.78, 5) is 10.7. The molecule has 0 saturated heterocycles. The van der Waals surface area contributed by atoms with E-state index in [0.717, 1.165) is 0 Å². The van der Waals surface area contributed by atoms with Gasteiger partial charge < -0.3 is 5.11 Å². The van der Waals surface area contributed by atoms with E-state index in [1.54, 1.807) is 0 Å². The van der Waals surface area contributed by atoms with Crippen molar-refractivity contribution in [2.75, 3.05) is 10.8 Å². The van der Waals surface area contributed by atoms with Gasteiger partial charge in [-0.2, -0.15) is 21.6 Å². The topological polar surface area (TPSA) is 74.7 Å². The normalized spacial score (nSPS) is 18.9. The van der Waals surface area contributed by atoms with Crippen LogP contribution in [0, 0.1) is 0 Å². The number of alkyl halides is 3. The molecule has 1 atom stereocenters. The van der Waals surface area contributed by atoms with E-state index >= 15 is 0 Å². The number of carboxylic acids is 1. The Morgan fingerprint density at radius 2 is 1.95 bits per heavy atom. The molecule has 1 aromatic carbocycles. The number of hydrogen-bond acceptors (Lipinski definition) is 3. The fourth-order valence-corrected chi connectivity index (χ4v) is 3.25. The van der Waals surface area contributed by atoms with E-state index in [-0.39, 0.29) is 9.99 Å². The summed E-state index contributed by atoms with van der Waals surface area (Å²) < 4.78 is 61.1. The first-order valence-corrected chi connectivity index (χ1v) is 6.98. The number of para-hydroxylation sites is 1. The molecule has 20 heavy (non-hydrogen) atoms. The van der Waals surface area contributed by atoms with Crippen molar-refractivity contribution in [1.29, 1.82) is 0 Å². The van der Waals surface area contributed by atoms with Gasteiger partial charge in [0.15, 0.2) is 0 Å².